The van der Waals surface area contributed by atoms with Gasteiger partial charge in [0, 0.05) is 12.5 Å². The van der Waals surface area contributed by atoms with Gasteiger partial charge in [-0.25, -0.2) is 13.2 Å². The summed E-state index contributed by atoms with van der Waals surface area (Å²) in [5.74, 6) is -0.0289. The van der Waals surface area contributed by atoms with E-state index in [1.54, 1.807) is 6.07 Å². The zero-order chi connectivity index (χ0) is 21.3. The summed E-state index contributed by atoms with van der Waals surface area (Å²) in [6.07, 6.45) is 1.22. The third-order valence-corrected chi connectivity index (χ3v) is 6.83. The van der Waals surface area contributed by atoms with Crippen LogP contribution in [0, 0.1) is 0 Å². The van der Waals surface area contributed by atoms with Crippen molar-refractivity contribution in [3.63, 3.8) is 0 Å². The SMILES string of the molecule is CCc1nnc(COC(=O)c2cccc(S(=O)(=O)N3c4ccccc4CC3C)c2)o1. The highest BCUT2D eigenvalue weighted by Gasteiger charge is 2.36. The Morgan fingerprint density at radius 2 is 1.93 bits per heavy atom. The van der Waals surface area contributed by atoms with Gasteiger partial charge in [-0.3, -0.25) is 4.31 Å². The number of fused-ring (bicyclic) bond motifs is 1. The van der Waals surface area contributed by atoms with Crippen LogP contribution in [0.25, 0.3) is 0 Å². The molecular weight excluding hydrogens is 406 g/mol. The molecule has 156 valence electrons. The van der Waals surface area contributed by atoms with Gasteiger partial charge in [0.25, 0.3) is 15.9 Å². The number of ether oxygens (including phenoxy) is 1. The number of aryl methyl sites for hydroxylation is 1. The molecule has 0 radical (unpaired) electrons. The molecule has 1 unspecified atom stereocenters. The molecule has 8 nitrogen and oxygen atoms in total. The molecule has 3 aromatic rings. The number of benzene rings is 2. The average molecular weight is 427 g/mol. The van der Waals surface area contributed by atoms with Crippen molar-refractivity contribution in [3.8, 4) is 0 Å². The van der Waals surface area contributed by atoms with Gasteiger partial charge in [-0.15, -0.1) is 10.2 Å². The van der Waals surface area contributed by atoms with Crippen molar-refractivity contribution in [2.75, 3.05) is 4.31 Å². The molecule has 2 aromatic carbocycles. The molecule has 2 heterocycles. The van der Waals surface area contributed by atoms with Crippen molar-refractivity contribution in [2.24, 2.45) is 0 Å². The first-order chi connectivity index (χ1) is 14.4. The first-order valence-corrected chi connectivity index (χ1v) is 11.0. The van der Waals surface area contributed by atoms with Crippen LogP contribution in [0.15, 0.2) is 57.8 Å². The van der Waals surface area contributed by atoms with E-state index in [-0.39, 0.29) is 29.0 Å². The summed E-state index contributed by atoms with van der Waals surface area (Å²) >= 11 is 0. The normalized spacial score (nSPS) is 15.8. The van der Waals surface area contributed by atoms with Gasteiger partial charge < -0.3 is 9.15 Å². The number of nitrogens with zero attached hydrogens (tertiary/aromatic N) is 3. The van der Waals surface area contributed by atoms with E-state index in [1.807, 2.05) is 32.0 Å². The van der Waals surface area contributed by atoms with Crippen LogP contribution in [0.3, 0.4) is 0 Å². The van der Waals surface area contributed by atoms with Crippen molar-refractivity contribution < 1.29 is 22.4 Å². The van der Waals surface area contributed by atoms with Crippen LogP contribution >= 0.6 is 0 Å². The number of esters is 1. The number of carbonyl (C=O) groups is 1. The molecule has 4 rings (SSSR count). The number of para-hydroxylation sites is 1. The maximum absolute atomic E-state index is 13.3. The van der Waals surface area contributed by atoms with Crippen LogP contribution in [0.1, 0.15) is 41.6 Å². The topological polar surface area (TPSA) is 103 Å². The minimum Gasteiger partial charge on any atom is -0.452 e. The lowest BCUT2D eigenvalue weighted by molar-refractivity contribution is 0.0436. The lowest BCUT2D eigenvalue weighted by atomic mass is 10.1. The monoisotopic (exact) mass is 427 g/mol. The molecule has 9 heteroatoms. The van der Waals surface area contributed by atoms with Crippen LogP contribution < -0.4 is 4.31 Å². The van der Waals surface area contributed by atoms with Gasteiger partial charge in [0.1, 0.15) is 0 Å². The summed E-state index contributed by atoms with van der Waals surface area (Å²) in [7, 11) is -3.84. The van der Waals surface area contributed by atoms with Crippen LogP contribution in [-0.4, -0.2) is 30.6 Å². The Labute approximate surface area is 174 Å². The summed E-state index contributed by atoms with van der Waals surface area (Å²) in [5.41, 5.74) is 1.78. The lowest BCUT2D eigenvalue weighted by Crippen LogP contribution is -2.35. The van der Waals surface area contributed by atoms with Crippen LogP contribution in [-0.2, 0) is 34.2 Å². The van der Waals surface area contributed by atoms with E-state index >= 15 is 0 Å². The summed E-state index contributed by atoms with van der Waals surface area (Å²) in [6.45, 7) is 3.55. The second-order valence-electron chi connectivity index (χ2n) is 7.03. The van der Waals surface area contributed by atoms with Gasteiger partial charge in [-0.1, -0.05) is 31.2 Å². The van der Waals surface area contributed by atoms with E-state index in [2.05, 4.69) is 10.2 Å². The first kappa shape index (κ1) is 20.1. The fraction of sp³-hybridized carbons (Fsp3) is 0.286. The molecule has 1 atom stereocenters. The zero-order valence-corrected chi connectivity index (χ0v) is 17.4. The van der Waals surface area contributed by atoms with Gasteiger partial charge in [-0.05, 0) is 43.2 Å². The molecule has 0 amide bonds. The van der Waals surface area contributed by atoms with Crippen molar-refractivity contribution >= 4 is 21.7 Å². The molecule has 0 spiro atoms. The Morgan fingerprint density at radius 1 is 1.17 bits per heavy atom. The van der Waals surface area contributed by atoms with Crippen molar-refractivity contribution in [3.05, 3.63) is 71.4 Å². The van der Waals surface area contributed by atoms with Crippen LogP contribution in [0.5, 0.6) is 0 Å². The predicted molar refractivity (Wildman–Crippen MR) is 109 cm³/mol. The fourth-order valence-corrected chi connectivity index (χ4v) is 5.24. The Morgan fingerprint density at radius 3 is 2.70 bits per heavy atom. The maximum Gasteiger partial charge on any atom is 0.338 e. The Balaban J connectivity index is 1.56. The van der Waals surface area contributed by atoms with Gasteiger partial charge >= 0.3 is 5.97 Å². The molecule has 1 aliphatic heterocycles. The van der Waals surface area contributed by atoms with Gasteiger partial charge in [0.05, 0.1) is 16.1 Å². The van der Waals surface area contributed by atoms with Gasteiger partial charge in [0.15, 0.2) is 6.61 Å². The molecule has 0 saturated carbocycles. The van der Waals surface area contributed by atoms with Crippen LogP contribution in [0.4, 0.5) is 5.69 Å². The molecule has 1 aliphatic rings. The maximum atomic E-state index is 13.3. The van der Waals surface area contributed by atoms with Crippen molar-refractivity contribution in [2.45, 2.75) is 44.2 Å². The highest BCUT2D eigenvalue weighted by atomic mass is 32.2. The molecule has 0 saturated heterocycles. The second-order valence-corrected chi connectivity index (χ2v) is 8.84. The van der Waals surface area contributed by atoms with E-state index < -0.39 is 16.0 Å². The predicted octanol–water partition coefficient (Wildman–Crippen LogP) is 3.13. The van der Waals surface area contributed by atoms with Crippen molar-refractivity contribution in [1.29, 1.82) is 0 Å². The van der Waals surface area contributed by atoms with Crippen molar-refractivity contribution in [1.82, 2.24) is 10.2 Å². The highest BCUT2D eigenvalue weighted by Crippen LogP contribution is 2.36. The number of rotatable bonds is 6. The van der Waals surface area contributed by atoms with E-state index in [9.17, 15) is 13.2 Å². The molecule has 0 aliphatic carbocycles. The first-order valence-electron chi connectivity index (χ1n) is 9.61. The minimum absolute atomic E-state index is 0.0339. The van der Waals surface area contributed by atoms with Gasteiger partial charge in [-0.2, -0.15) is 0 Å². The summed E-state index contributed by atoms with van der Waals surface area (Å²) in [6, 6.07) is 13.1. The molecule has 30 heavy (non-hydrogen) atoms. The average Bonchev–Trinajstić information content (AvgIpc) is 3.35. The number of carbonyl (C=O) groups excluding carboxylic acids is 1. The Kier molecular flexibility index (Phi) is 5.29. The van der Waals surface area contributed by atoms with E-state index in [0.29, 0.717) is 24.4 Å². The number of hydrogen-bond donors (Lipinski definition) is 0. The number of sulfonamides is 1. The van der Waals surface area contributed by atoms with Crippen LogP contribution in [0.2, 0.25) is 0 Å². The van der Waals surface area contributed by atoms with E-state index in [1.165, 1.54) is 28.6 Å². The molecular formula is C21H21N3O5S. The third kappa shape index (κ3) is 3.68. The largest absolute Gasteiger partial charge is 0.452 e. The summed E-state index contributed by atoms with van der Waals surface area (Å²) in [4.78, 5) is 12.5. The quantitative estimate of drug-likeness (QED) is 0.557. The molecule has 0 fully saturated rings. The third-order valence-electron chi connectivity index (χ3n) is 4.91. The number of anilines is 1. The number of aromatic nitrogens is 2. The summed E-state index contributed by atoms with van der Waals surface area (Å²) in [5, 5.41) is 7.60. The minimum atomic E-state index is -3.84. The van der Waals surface area contributed by atoms with Gasteiger partial charge in [0.2, 0.25) is 5.89 Å². The highest BCUT2D eigenvalue weighted by molar-refractivity contribution is 7.92. The number of hydrogen-bond acceptors (Lipinski definition) is 7. The second kappa shape index (κ2) is 7.91. The fourth-order valence-electron chi connectivity index (χ4n) is 3.50. The standard InChI is InChI=1S/C21H21N3O5S/c1-3-19-22-23-20(29-19)13-28-21(25)16-8-6-9-17(12-16)30(26,27)24-14(2)11-15-7-4-5-10-18(15)24/h4-10,12,14H,3,11,13H2,1-2H3. The van der Waals surface area contributed by atoms with E-state index in [0.717, 1.165) is 5.56 Å². The Bertz CT molecular complexity index is 1190. The summed E-state index contributed by atoms with van der Waals surface area (Å²) < 4.78 is 38.6. The smallest absolute Gasteiger partial charge is 0.338 e. The zero-order valence-electron chi connectivity index (χ0n) is 16.6. The molecule has 1 aromatic heterocycles. The van der Waals surface area contributed by atoms with E-state index in [4.69, 9.17) is 9.15 Å². The lowest BCUT2D eigenvalue weighted by Gasteiger charge is -2.24. The molecule has 0 bridgehead atoms. The Hall–Kier alpha value is -3.20. The molecule has 0 N–H and O–H groups in total.